The first-order valence-electron chi connectivity index (χ1n) is 6.98. The summed E-state index contributed by atoms with van der Waals surface area (Å²) in [5.41, 5.74) is 2.45. The zero-order valence-corrected chi connectivity index (χ0v) is 14.2. The second-order valence-electron chi connectivity index (χ2n) is 5.07. The second kappa shape index (κ2) is 6.16. The third kappa shape index (κ3) is 2.83. The maximum atomic E-state index is 12.0. The minimum Gasteiger partial charge on any atom is -0.344 e. The number of thiophene rings is 1. The summed E-state index contributed by atoms with van der Waals surface area (Å²) in [4.78, 5) is 12.9. The summed E-state index contributed by atoms with van der Waals surface area (Å²) in [7, 11) is 0. The molecule has 4 heteroatoms. The molecule has 108 valence electrons. The second-order valence-corrected chi connectivity index (χ2v) is 6.81. The van der Waals surface area contributed by atoms with Gasteiger partial charge < -0.3 is 4.57 Å². The molecule has 21 heavy (non-hydrogen) atoms. The molecule has 0 spiro atoms. The number of rotatable bonds is 5. The smallest absolute Gasteiger partial charge is 0.172 e. The average Bonchev–Trinajstić information content (AvgIpc) is 3.11. The molecule has 0 aliphatic heterocycles. The molecule has 0 aliphatic carbocycles. The lowest BCUT2D eigenvalue weighted by Crippen LogP contribution is -2.03. The monoisotopic (exact) mass is 361 g/mol. The predicted octanol–water partition coefficient (Wildman–Crippen LogP) is 5.44. The van der Waals surface area contributed by atoms with Gasteiger partial charge in [0, 0.05) is 34.0 Å². The number of para-hydroxylation sites is 1. The molecule has 3 rings (SSSR count). The Bertz CT molecular complexity index is 774. The van der Waals surface area contributed by atoms with Gasteiger partial charge in [-0.2, -0.15) is 0 Å². The highest BCUT2D eigenvalue weighted by molar-refractivity contribution is 9.10. The van der Waals surface area contributed by atoms with Crippen molar-refractivity contribution in [3.05, 3.63) is 56.8 Å². The molecule has 0 amide bonds. The summed E-state index contributed by atoms with van der Waals surface area (Å²) in [6.45, 7) is 2.99. The van der Waals surface area contributed by atoms with E-state index in [4.69, 9.17) is 0 Å². The minimum absolute atomic E-state index is 0.248. The van der Waals surface area contributed by atoms with Crippen molar-refractivity contribution in [2.45, 2.75) is 26.3 Å². The van der Waals surface area contributed by atoms with Gasteiger partial charge in [0.1, 0.15) is 0 Å². The molecular weight excluding hydrogens is 346 g/mol. The number of carbonyl (C=O) groups is 1. The number of ketones is 1. The standard InChI is InChI=1S/C17H16BrNOS/c1-12-17(18)13-6-2-3-7-14(13)19(12)10-4-8-15(20)16-9-5-11-21-16/h2-3,5-7,9,11H,4,8,10H2,1H3. The largest absolute Gasteiger partial charge is 0.344 e. The molecule has 0 saturated carbocycles. The number of hydrogen-bond acceptors (Lipinski definition) is 2. The summed E-state index contributed by atoms with van der Waals surface area (Å²) >= 11 is 5.19. The Morgan fingerprint density at radius 2 is 2.05 bits per heavy atom. The van der Waals surface area contributed by atoms with Gasteiger partial charge in [-0.25, -0.2) is 0 Å². The summed E-state index contributed by atoms with van der Waals surface area (Å²) in [6.07, 6.45) is 1.47. The molecule has 0 bridgehead atoms. The van der Waals surface area contributed by atoms with Crippen LogP contribution in [0.3, 0.4) is 0 Å². The summed E-state index contributed by atoms with van der Waals surface area (Å²) in [5, 5.41) is 3.19. The van der Waals surface area contributed by atoms with E-state index in [0.717, 1.165) is 22.3 Å². The fourth-order valence-corrected chi connectivity index (χ4v) is 3.88. The number of fused-ring (bicyclic) bond motifs is 1. The molecule has 0 fully saturated rings. The Hall–Kier alpha value is -1.39. The Morgan fingerprint density at radius 3 is 2.81 bits per heavy atom. The lowest BCUT2D eigenvalue weighted by atomic mass is 10.2. The van der Waals surface area contributed by atoms with E-state index in [9.17, 15) is 4.79 Å². The zero-order chi connectivity index (χ0) is 14.8. The average molecular weight is 362 g/mol. The maximum Gasteiger partial charge on any atom is 0.172 e. The molecule has 0 N–H and O–H groups in total. The molecule has 2 heterocycles. The molecule has 0 radical (unpaired) electrons. The van der Waals surface area contributed by atoms with E-state index in [2.05, 4.69) is 51.7 Å². The highest BCUT2D eigenvalue weighted by Crippen LogP contribution is 2.30. The van der Waals surface area contributed by atoms with Gasteiger partial charge in [0.05, 0.1) is 4.88 Å². The number of halogens is 1. The number of carbonyl (C=O) groups excluding carboxylic acids is 1. The van der Waals surface area contributed by atoms with Gasteiger partial charge in [-0.3, -0.25) is 4.79 Å². The van der Waals surface area contributed by atoms with Crippen molar-refractivity contribution in [1.82, 2.24) is 4.57 Å². The molecule has 2 aromatic heterocycles. The van der Waals surface area contributed by atoms with Crippen LogP contribution in [-0.4, -0.2) is 10.4 Å². The van der Waals surface area contributed by atoms with E-state index in [0.29, 0.717) is 6.42 Å². The number of hydrogen-bond donors (Lipinski definition) is 0. The van der Waals surface area contributed by atoms with Gasteiger partial charge in [-0.05, 0) is 46.8 Å². The SMILES string of the molecule is Cc1c(Br)c2ccccc2n1CCCC(=O)c1cccs1. The predicted molar refractivity (Wildman–Crippen MR) is 92.3 cm³/mol. The van der Waals surface area contributed by atoms with Gasteiger partial charge in [0.25, 0.3) is 0 Å². The van der Waals surface area contributed by atoms with Crippen LogP contribution in [0, 0.1) is 6.92 Å². The first-order chi connectivity index (χ1) is 10.2. The minimum atomic E-state index is 0.248. The van der Waals surface area contributed by atoms with E-state index in [-0.39, 0.29) is 5.78 Å². The van der Waals surface area contributed by atoms with Gasteiger partial charge in [-0.1, -0.05) is 24.3 Å². The third-order valence-electron chi connectivity index (χ3n) is 3.74. The van der Waals surface area contributed by atoms with Crippen LogP contribution in [-0.2, 0) is 6.54 Å². The lowest BCUT2D eigenvalue weighted by molar-refractivity contribution is 0.0982. The zero-order valence-electron chi connectivity index (χ0n) is 11.8. The molecule has 0 saturated heterocycles. The topological polar surface area (TPSA) is 22.0 Å². The third-order valence-corrected chi connectivity index (χ3v) is 5.65. The van der Waals surface area contributed by atoms with Crippen molar-refractivity contribution >= 4 is 44.0 Å². The van der Waals surface area contributed by atoms with E-state index in [1.807, 2.05) is 17.5 Å². The van der Waals surface area contributed by atoms with Crippen LogP contribution >= 0.6 is 27.3 Å². The number of benzene rings is 1. The van der Waals surface area contributed by atoms with E-state index in [1.54, 1.807) is 0 Å². The van der Waals surface area contributed by atoms with Crippen molar-refractivity contribution in [1.29, 1.82) is 0 Å². The molecule has 1 aromatic carbocycles. The first kappa shape index (κ1) is 14.5. The van der Waals surface area contributed by atoms with Crippen LogP contribution in [0.2, 0.25) is 0 Å². The highest BCUT2D eigenvalue weighted by atomic mass is 79.9. The number of Topliss-reactive ketones (excluding diaryl/α,β-unsaturated/α-hetero) is 1. The first-order valence-corrected chi connectivity index (χ1v) is 8.66. The van der Waals surface area contributed by atoms with Crippen LogP contribution in [0.4, 0.5) is 0 Å². The van der Waals surface area contributed by atoms with Gasteiger partial charge in [0.2, 0.25) is 0 Å². The fraction of sp³-hybridized carbons (Fsp3) is 0.235. The van der Waals surface area contributed by atoms with Crippen molar-refractivity contribution in [3.8, 4) is 0 Å². The van der Waals surface area contributed by atoms with Crippen molar-refractivity contribution in [2.24, 2.45) is 0 Å². The normalized spacial score (nSPS) is 11.1. The van der Waals surface area contributed by atoms with Gasteiger partial charge >= 0.3 is 0 Å². The Balaban J connectivity index is 1.74. The van der Waals surface area contributed by atoms with Crippen molar-refractivity contribution in [3.63, 3.8) is 0 Å². The molecule has 2 nitrogen and oxygen atoms in total. The van der Waals surface area contributed by atoms with Crippen molar-refractivity contribution in [2.75, 3.05) is 0 Å². The lowest BCUT2D eigenvalue weighted by Gasteiger charge is -2.07. The fourth-order valence-electron chi connectivity index (χ4n) is 2.63. The Kier molecular flexibility index (Phi) is 4.27. The maximum absolute atomic E-state index is 12.0. The molecular formula is C17H16BrNOS. The Labute approximate surface area is 136 Å². The van der Waals surface area contributed by atoms with Gasteiger partial charge in [-0.15, -0.1) is 11.3 Å². The van der Waals surface area contributed by atoms with Crippen LogP contribution in [0.5, 0.6) is 0 Å². The highest BCUT2D eigenvalue weighted by Gasteiger charge is 2.12. The summed E-state index contributed by atoms with van der Waals surface area (Å²) in [5.74, 6) is 0.248. The van der Waals surface area contributed by atoms with E-state index < -0.39 is 0 Å². The van der Waals surface area contributed by atoms with Crippen molar-refractivity contribution < 1.29 is 4.79 Å². The van der Waals surface area contributed by atoms with Crippen LogP contribution < -0.4 is 0 Å². The van der Waals surface area contributed by atoms with Gasteiger partial charge in [0.15, 0.2) is 5.78 Å². The molecule has 0 atom stereocenters. The summed E-state index contributed by atoms with van der Waals surface area (Å²) < 4.78 is 3.45. The molecule has 0 unspecified atom stereocenters. The number of nitrogens with zero attached hydrogens (tertiary/aromatic N) is 1. The van der Waals surface area contributed by atoms with E-state index in [1.165, 1.54) is 27.9 Å². The van der Waals surface area contributed by atoms with E-state index >= 15 is 0 Å². The quantitative estimate of drug-likeness (QED) is 0.554. The molecule has 3 aromatic rings. The summed E-state index contributed by atoms with van der Waals surface area (Å²) in [6, 6.07) is 12.2. The Morgan fingerprint density at radius 1 is 1.24 bits per heavy atom. The van der Waals surface area contributed by atoms with Crippen LogP contribution in [0.25, 0.3) is 10.9 Å². The number of aryl methyl sites for hydroxylation is 1. The number of aromatic nitrogens is 1. The molecule has 0 aliphatic rings. The van der Waals surface area contributed by atoms with Crippen LogP contribution in [0.1, 0.15) is 28.2 Å². The van der Waals surface area contributed by atoms with Crippen LogP contribution in [0.15, 0.2) is 46.3 Å².